The molecule has 1 aromatic heterocycles. The maximum Gasteiger partial charge on any atom is 0.161 e. The van der Waals surface area contributed by atoms with E-state index in [1.54, 1.807) is 14.2 Å². The molecule has 0 radical (unpaired) electrons. The van der Waals surface area contributed by atoms with E-state index in [0.717, 1.165) is 22.3 Å². The highest BCUT2D eigenvalue weighted by Gasteiger charge is 2.11. The van der Waals surface area contributed by atoms with Crippen molar-refractivity contribution >= 4 is 53.1 Å². The summed E-state index contributed by atoms with van der Waals surface area (Å²) in [5.41, 5.74) is 1.30. The standard InChI is InChI=1S/C23H18O2S/c1-13-4-7-22-19(8-13)17-6-5-14-9-15-11-20(24-2)21(25-3)12-16(15)10-18(14)23(17)26-22/h4-12H,1-3H3. The van der Waals surface area contributed by atoms with Gasteiger partial charge in [-0.05, 0) is 59.5 Å². The van der Waals surface area contributed by atoms with Crippen molar-refractivity contribution in [1.82, 2.24) is 0 Å². The number of benzene rings is 4. The summed E-state index contributed by atoms with van der Waals surface area (Å²) < 4.78 is 13.6. The molecule has 5 aromatic rings. The molecule has 5 rings (SSSR count). The predicted octanol–water partition coefficient (Wildman–Crippen LogP) is 6.69. The summed E-state index contributed by atoms with van der Waals surface area (Å²) in [7, 11) is 3.35. The van der Waals surface area contributed by atoms with Gasteiger partial charge in [-0.2, -0.15) is 0 Å². The van der Waals surface area contributed by atoms with Gasteiger partial charge < -0.3 is 9.47 Å². The van der Waals surface area contributed by atoms with E-state index in [2.05, 4.69) is 55.5 Å². The van der Waals surface area contributed by atoms with Crippen LogP contribution in [0.3, 0.4) is 0 Å². The number of methoxy groups -OCH3 is 2. The minimum Gasteiger partial charge on any atom is -0.493 e. The summed E-state index contributed by atoms with van der Waals surface area (Å²) in [5, 5.41) is 7.55. The molecule has 2 nitrogen and oxygen atoms in total. The number of hydrogen-bond donors (Lipinski definition) is 0. The van der Waals surface area contributed by atoms with Crippen LogP contribution in [0.5, 0.6) is 11.5 Å². The summed E-state index contributed by atoms with van der Waals surface area (Å²) in [6, 6.07) is 19.8. The van der Waals surface area contributed by atoms with Crippen LogP contribution in [0.4, 0.5) is 0 Å². The van der Waals surface area contributed by atoms with E-state index in [1.807, 2.05) is 17.4 Å². The largest absolute Gasteiger partial charge is 0.493 e. The van der Waals surface area contributed by atoms with Gasteiger partial charge in [0.25, 0.3) is 0 Å². The first-order chi connectivity index (χ1) is 12.7. The van der Waals surface area contributed by atoms with E-state index in [9.17, 15) is 0 Å². The van der Waals surface area contributed by atoms with E-state index in [-0.39, 0.29) is 0 Å². The first-order valence-electron chi connectivity index (χ1n) is 8.59. The maximum absolute atomic E-state index is 5.48. The van der Waals surface area contributed by atoms with E-state index in [0.29, 0.717) is 0 Å². The van der Waals surface area contributed by atoms with Gasteiger partial charge in [0.2, 0.25) is 0 Å². The van der Waals surface area contributed by atoms with Crippen LogP contribution in [0.2, 0.25) is 0 Å². The van der Waals surface area contributed by atoms with Crippen LogP contribution in [0.25, 0.3) is 41.7 Å². The van der Waals surface area contributed by atoms with Crippen LogP contribution in [-0.4, -0.2) is 14.2 Å². The zero-order valence-corrected chi connectivity index (χ0v) is 15.7. The SMILES string of the molecule is COc1cc2cc3ccc4c5cc(C)ccc5sc4c3cc2cc1OC. The maximum atomic E-state index is 5.48. The molecule has 0 N–H and O–H groups in total. The highest BCUT2D eigenvalue weighted by molar-refractivity contribution is 7.26. The molecular weight excluding hydrogens is 340 g/mol. The topological polar surface area (TPSA) is 18.5 Å². The van der Waals surface area contributed by atoms with Crippen LogP contribution >= 0.6 is 11.3 Å². The predicted molar refractivity (Wildman–Crippen MR) is 112 cm³/mol. The Labute approximate surface area is 155 Å². The van der Waals surface area contributed by atoms with Gasteiger partial charge in [0, 0.05) is 25.6 Å². The Morgan fingerprint density at radius 1 is 0.654 bits per heavy atom. The molecule has 26 heavy (non-hydrogen) atoms. The van der Waals surface area contributed by atoms with E-state index in [1.165, 1.54) is 36.5 Å². The summed E-state index contributed by atoms with van der Waals surface area (Å²) in [5.74, 6) is 1.52. The smallest absolute Gasteiger partial charge is 0.161 e. The molecule has 3 heteroatoms. The zero-order valence-electron chi connectivity index (χ0n) is 14.9. The molecule has 0 aliphatic carbocycles. The molecule has 0 unspecified atom stereocenters. The minimum absolute atomic E-state index is 0.762. The fraction of sp³-hybridized carbons (Fsp3) is 0.130. The monoisotopic (exact) mass is 358 g/mol. The molecule has 128 valence electrons. The molecule has 0 saturated heterocycles. The van der Waals surface area contributed by atoms with Crippen molar-refractivity contribution < 1.29 is 9.47 Å². The molecule has 0 aliphatic rings. The number of hydrogen-bond acceptors (Lipinski definition) is 3. The van der Waals surface area contributed by atoms with Crippen LogP contribution in [0.15, 0.2) is 54.6 Å². The molecule has 0 amide bonds. The fourth-order valence-corrected chi connectivity index (χ4v) is 4.96. The van der Waals surface area contributed by atoms with Crippen molar-refractivity contribution in [3.63, 3.8) is 0 Å². The quantitative estimate of drug-likeness (QED) is 0.327. The molecule has 0 bridgehead atoms. The van der Waals surface area contributed by atoms with Crippen molar-refractivity contribution in [2.24, 2.45) is 0 Å². The van der Waals surface area contributed by atoms with Crippen LogP contribution in [-0.2, 0) is 0 Å². The number of fused-ring (bicyclic) bond motifs is 6. The van der Waals surface area contributed by atoms with Gasteiger partial charge in [-0.1, -0.05) is 23.8 Å². The first-order valence-corrected chi connectivity index (χ1v) is 9.41. The van der Waals surface area contributed by atoms with E-state index >= 15 is 0 Å². The lowest BCUT2D eigenvalue weighted by atomic mass is 10.0. The second-order valence-corrected chi connectivity index (χ2v) is 7.72. The third-order valence-electron chi connectivity index (χ3n) is 5.07. The molecule has 0 atom stereocenters. The van der Waals surface area contributed by atoms with Gasteiger partial charge in [0.1, 0.15) is 0 Å². The average molecular weight is 358 g/mol. The molecular formula is C23H18O2S. The Kier molecular flexibility index (Phi) is 3.34. The van der Waals surface area contributed by atoms with Gasteiger partial charge in [-0.15, -0.1) is 11.3 Å². The highest BCUT2D eigenvalue weighted by Crippen LogP contribution is 2.41. The Hall–Kier alpha value is -2.78. The number of ether oxygens (including phenoxy) is 2. The summed E-state index contributed by atoms with van der Waals surface area (Å²) in [6.45, 7) is 2.15. The molecule has 0 fully saturated rings. The lowest BCUT2D eigenvalue weighted by Gasteiger charge is -2.10. The second kappa shape index (κ2) is 5.61. The molecule has 0 spiro atoms. The minimum atomic E-state index is 0.762. The average Bonchev–Trinajstić information content (AvgIpc) is 3.03. The number of rotatable bonds is 2. The van der Waals surface area contributed by atoms with Gasteiger partial charge in [-0.3, -0.25) is 0 Å². The van der Waals surface area contributed by atoms with Crippen molar-refractivity contribution in [1.29, 1.82) is 0 Å². The van der Waals surface area contributed by atoms with E-state index < -0.39 is 0 Å². The third kappa shape index (κ3) is 2.17. The fourth-order valence-electron chi connectivity index (χ4n) is 3.75. The Bertz CT molecular complexity index is 1310. The number of thiophene rings is 1. The van der Waals surface area contributed by atoms with Gasteiger partial charge in [0.15, 0.2) is 11.5 Å². The highest BCUT2D eigenvalue weighted by atomic mass is 32.1. The third-order valence-corrected chi connectivity index (χ3v) is 6.29. The lowest BCUT2D eigenvalue weighted by molar-refractivity contribution is 0.356. The van der Waals surface area contributed by atoms with Crippen LogP contribution in [0.1, 0.15) is 5.56 Å². The summed E-state index contributed by atoms with van der Waals surface area (Å²) in [6.07, 6.45) is 0. The van der Waals surface area contributed by atoms with Crippen molar-refractivity contribution in [3.8, 4) is 11.5 Å². The van der Waals surface area contributed by atoms with Gasteiger partial charge >= 0.3 is 0 Å². The van der Waals surface area contributed by atoms with Crippen molar-refractivity contribution in [2.45, 2.75) is 6.92 Å². The summed E-state index contributed by atoms with van der Waals surface area (Å²) >= 11 is 1.87. The Morgan fingerprint density at radius 3 is 2.12 bits per heavy atom. The van der Waals surface area contributed by atoms with Crippen LogP contribution < -0.4 is 9.47 Å². The second-order valence-electron chi connectivity index (χ2n) is 6.67. The number of aryl methyl sites for hydroxylation is 1. The first kappa shape index (κ1) is 15.5. The Balaban J connectivity index is 1.90. The molecule has 0 saturated carbocycles. The molecule has 4 aromatic carbocycles. The van der Waals surface area contributed by atoms with Gasteiger partial charge in [0.05, 0.1) is 14.2 Å². The zero-order chi connectivity index (χ0) is 17.8. The lowest BCUT2D eigenvalue weighted by Crippen LogP contribution is -1.90. The Morgan fingerprint density at radius 2 is 1.38 bits per heavy atom. The summed E-state index contributed by atoms with van der Waals surface area (Å²) in [4.78, 5) is 0. The van der Waals surface area contributed by atoms with Crippen LogP contribution in [0, 0.1) is 6.92 Å². The van der Waals surface area contributed by atoms with Crippen molar-refractivity contribution in [3.05, 3.63) is 60.2 Å². The molecule has 0 aliphatic heterocycles. The van der Waals surface area contributed by atoms with E-state index in [4.69, 9.17) is 9.47 Å². The normalized spacial score (nSPS) is 11.7. The van der Waals surface area contributed by atoms with Gasteiger partial charge in [-0.25, -0.2) is 0 Å². The van der Waals surface area contributed by atoms with Crippen molar-refractivity contribution in [2.75, 3.05) is 14.2 Å². The molecule has 1 heterocycles.